The second-order valence-electron chi connectivity index (χ2n) is 4.58. The van der Waals surface area contributed by atoms with E-state index in [1.807, 2.05) is 11.6 Å². The van der Waals surface area contributed by atoms with Crippen LogP contribution in [0.4, 0.5) is 5.69 Å². The van der Waals surface area contributed by atoms with Crippen molar-refractivity contribution in [2.45, 2.75) is 17.5 Å². The third kappa shape index (κ3) is 1.84. The number of rotatable bonds is 2. The highest BCUT2D eigenvalue weighted by Gasteiger charge is 2.38. The molecule has 21 heavy (non-hydrogen) atoms. The van der Waals surface area contributed by atoms with Crippen molar-refractivity contribution < 1.29 is 4.92 Å². The molecule has 0 aliphatic carbocycles. The fourth-order valence-corrected chi connectivity index (χ4v) is 4.62. The van der Waals surface area contributed by atoms with Gasteiger partial charge in [0.25, 0.3) is 5.69 Å². The van der Waals surface area contributed by atoms with E-state index in [0.29, 0.717) is 0 Å². The van der Waals surface area contributed by atoms with Crippen LogP contribution in [0, 0.1) is 17.0 Å². The first-order chi connectivity index (χ1) is 10.1. The van der Waals surface area contributed by atoms with E-state index < -0.39 is 0 Å². The number of hydrogen-bond acceptors (Lipinski definition) is 7. The normalized spacial score (nSPS) is 19.4. The van der Waals surface area contributed by atoms with Crippen molar-refractivity contribution in [3.8, 4) is 0 Å². The Morgan fingerprint density at radius 2 is 2.05 bits per heavy atom. The number of nitrogens with zero attached hydrogens (tertiary/aromatic N) is 5. The monoisotopic (exact) mass is 319 g/mol. The van der Waals surface area contributed by atoms with E-state index in [2.05, 4.69) is 20.6 Å². The van der Waals surface area contributed by atoms with Crippen LogP contribution in [0.1, 0.15) is 16.8 Å². The summed E-state index contributed by atoms with van der Waals surface area (Å²) in [5.41, 5.74) is 1.12. The van der Waals surface area contributed by atoms with E-state index in [1.165, 1.54) is 12.1 Å². The molecule has 0 bridgehead atoms. The number of nitro groups is 1. The van der Waals surface area contributed by atoms with Crippen LogP contribution in [-0.4, -0.2) is 19.8 Å². The summed E-state index contributed by atoms with van der Waals surface area (Å²) in [6.45, 7) is 1.91. The van der Waals surface area contributed by atoms with Gasteiger partial charge in [-0.25, -0.2) is 4.68 Å². The zero-order valence-electron chi connectivity index (χ0n) is 10.8. The number of non-ortho nitro benzene ring substituents is 1. The average molecular weight is 319 g/mol. The highest BCUT2D eigenvalue weighted by molar-refractivity contribution is 8.07. The quantitative estimate of drug-likeness (QED) is 0.622. The minimum atomic E-state index is -0.386. The van der Waals surface area contributed by atoms with Crippen molar-refractivity contribution in [3.05, 3.63) is 56.2 Å². The van der Waals surface area contributed by atoms with Gasteiger partial charge < -0.3 is 0 Å². The zero-order valence-corrected chi connectivity index (χ0v) is 12.5. The van der Waals surface area contributed by atoms with Gasteiger partial charge in [0.05, 0.1) is 4.92 Å². The van der Waals surface area contributed by atoms with Gasteiger partial charge in [-0.15, -0.1) is 10.2 Å². The molecule has 0 radical (unpaired) electrons. The maximum absolute atomic E-state index is 10.7. The molecule has 1 aromatic carbocycles. The molecule has 0 saturated carbocycles. The van der Waals surface area contributed by atoms with Crippen molar-refractivity contribution in [2.24, 2.45) is 0 Å². The summed E-state index contributed by atoms with van der Waals surface area (Å²) in [7, 11) is 0. The lowest BCUT2D eigenvalue weighted by molar-refractivity contribution is -0.384. The number of aromatic nitrogens is 3. The van der Waals surface area contributed by atoms with Gasteiger partial charge in [0.2, 0.25) is 5.16 Å². The molecule has 7 nitrogen and oxygen atoms in total. The number of hydrogen-bond donors (Lipinski definition) is 0. The Bertz CT molecular complexity index is 770. The van der Waals surface area contributed by atoms with Crippen LogP contribution in [0.2, 0.25) is 0 Å². The van der Waals surface area contributed by atoms with Crippen LogP contribution in [-0.2, 0) is 0 Å². The third-order valence-corrected chi connectivity index (χ3v) is 5.50. The van der Waals surface area contributed by atoms with Crippen LogP contribution in [0.3, 0.4) is 0 Å². The molecule has 0 spiro atoms. The minimum absolute atomic E-state index is 0.0456. The molecule has 0 saturated heterocycles. The molecule has 4 rings (SSSR count). The van der Waals surface area contributed by atoms with Gasteiger partial charge in [0, 0.05) is 17.5 Å². The predicted molar refractivity (Wildman–Crippen MR) is 80.3 cm³/mol. The fraction of sp³-hybridized carbons (Fsp3) is 0.167. The second kappa shape index (κ2) is 4.50. The molecule has 106 valence electrons. The summed E-state index contributed by atoms with van der Waals surface area (Å²) < 4.78 is 1.99. The largest absolute Gasteiger partial charge is 0.269 e. The van der Waals surface area contributed by atoms with Gasteiger partial charge in [-0.3, -0.25) is 15.1 Å². The molecule has 2 aromatic rings. The minimum Gasteiger partial charge on any atom is -0.258 e. The number of thioether (sulfide) groups is 2. The second-order valence-corrected chi connectivity index (χ2v) is 6.52. The van der Waals surface area contributed by atoms with Crippen LogP contribution in [0.25, 0.3) is 0 Å². The molecular weight excluding hydrogens is 310 g/mol. The molecule has 3 heterocycles. The van der Waals surface area contributed by atoms with Gasteiger partial charge >= 0.3 is 0 Å². The van der Waals surface area contributed by atoms with E-state index in [4.69, 9.17) is 0 Å². The first-order valence-electron chi connectivity index (χ1n) is 6.14. The number of aryl methyl sites for hydroxylation is 1. The summed E-state index contributed by atoms with van der Waals surface area (Å²) in [6, 6.07) is 6.68. The maximum Gasteiger partial charge on any atom is 0.269 e. The van der Waals surface area contributed by atoms with Gasteiger partial charge in [-0.05, 0) is 36.4 Å². The summed E-state index contributed by atoms with van der Waals surface area (Å²) in [4.78, 5) is 10.4. The van der Waals surface area contributed by atoms with Crippen LogP contribution < -0.4 is 5.01 Å². The van der Waals surface area contributed by atoms with Crippen LogP contribution in [0.5, 0.6) is 0 Å². The summed E-state index contributed by atoms with van der Waals surface area (Å²) in [6.07, 6.45) is 0. The van der Waals surface area contributed by atoms with E-state index in [1.54, 1.807) is 35.7 Å². The third-order valence-electron chi connectivity index (χ3n) is 3.31. The topological polar surface area (TPSA) is 77.1 Å². The molecule has 0 unspecified atom stereocenters. The van der Waals surface area contributed by atoms with Crippen LogP contribution in [0.15, 0.2) is 39.9 Å². The van der Waals surface area contributed by atoms with E-state index in [-0.39, 0.29) is 16.0 Å². The average Bonchev–Trinajstić information content (AvgIpc) is 3.11. The van der Waals surface area contributed by atoms with E-state index in [0.717, 1.165) is 21.6 Å². The Morgan fingerprint density at radius 1 is 1.29 bits per heavy atom. The van der Waals surface area contributed by atoms with Crippen LogP contribution >= 0.6 is 23.5 Å². The summed E-state index contributed by atoms with van der Waals surface area (Å²) in [5.74, 6) is 0.829. The SMILES string of the molecule is Cc1nnc2n1N1C(=CS[C@H]1c1ccc([N+](=O)[O-])cc1)S2. The highest BCUT2D eigenvalue weighted by atomic mass is 32.2. The molecule has 2 aliphatic heterocycles. The van der Waals surface area contributed by atoms with Crippen molar-refractivity contribution >= 4 is 29.2 Å². The summed E-state index contributed by atoms with van der Waals surface area (Å²) in [5, 5.41) is 25.2. The lowest BCUT2D eigenvalue weighted by Crippen LogP contribution is -2.30. The molecule has 0 fully saturated rings. The number of benzene rings is 1. The number of nitro benzene ring substituents is 1. The van der Waals surface area contributed by atoms with Gasteiger partial charge in [0.1, 0.15) is 10.4 Å². The Hall–Kier alpha value is -2.00. The molecule has 0 N–H and O–H groups in total. The predicted octanol–water partition coefficient (Wildman–Crippen LogP) is 2.78. The highest BCUT2D eigenvalue weighted by Crippen LogP contribution is 2.51. The Morgan fingerprint density at radius 3 is 2.76 bits per heavy atom. The van der Waals surface area contributed by atoms with Crippen molar-refractivity contribution in [1.29, 1.82) is 0 Å². The first kappa shape index (κ1) is 12.7. The Balaban J connectivity index is 1.71. The molecular formula is C12H9N5O2S2. The zero-order chi connectivity index (χ0) is 14.6. The Labute approximate surface area is 128 Å². The smallest absolute Gasteiger partial charge is 0.258 e. The standard InChI is InChI=1S/C12H9N5O2S2/c1-7-13-14-12-15(7)16-10(21-12)6-20-11(16)8-2-4-9(5-3-8)17(18)19/h2-6,11H,1H3/t11-/m0/s1. The van der Waals surface area contributed by atoms with E-state index in [9.17, 15) is 10.1 Å². The lowest BCUT2D eigenvalue weighted by atomic mass is 10.2. The molecule has 2 aliphatic rings. The molecule has 1 aromatic heterocycles. The lowest BCUT2D eigenvalue weighted by Gasteiger charge is -2.25. The first-order valence-corrected chi connectivity index (χ1v) is 7.90. The van der Waals surface area contributed by atoms with E-state index >= 15 is 0 Å². The van der Waals surface area contributed by atoms with Crippen molar-refractivity contribution in [3.63, 3.8) is 0 Å². The van der Waals surface area contributed by atoms with Crippen molar-refractivity contribution in [2.75, 3.05) is 5.01 Å². The molecule has 9 heteroatoms. The fourth-order valence-electron chi connectivity index (χ4n) is 2.35. The molecule has 1 atom stereocenters. The Kier molecular flexibility index (Phi) is 2.73. The summed E-state index contributed by atoms with van der Waals surface area (Å²) >= 11 is 3.26. The van der Waals surface area contributed by atoms with Gasteiger partial charge in [0.15, 0.2) is 5.82 Å². The molecule has 0 amide bonds. The van der Waals surface area contributed by atoms with Gasteiger partial charge in [-0.1, -0.05) is 11.8 Å². The van der Waals surface area contributed by atoms with Gasteiger partial charge in [-0.2, -0.15) is 0 Å². The maximum atomic E-state index is 10.7. The number of fused-ring (bicyclic) bond motifs is 3. The van der Waals surface area contributed by atoms with Crippen molar-refractivity contribution in [1.82, 2.24) is 14.9 Å².